The van der Waals surface area contributed by atoms with Gasteiger partial charge in [0.2, 0.25) is 0 Å². The molecule has 0 heterocycles. The Morgan fingerprint density at radius 3 is 1.11 bits per heavy atom. The van der Waals surface area contributed by atoms with Crippen LogP contribution < -0.4 is 50.7 Å². The van der Waals surface area contributed by atoms with E-state index < -0.39 is 0 Å². The molecule has 0 aliphatic rings. The number of nitrogens with two attached hydrogens (primary N) is 1. The number of hydrogen-bond acceptors (Lipinski definition) is 10. The quantitative estimate of drug-likeness (QED) is 0.0836. The second-order valence-corrected chi connectivity index (χ2v) is 9.90. The topological polar surface area (TPSA) is 120 Å². The molecule has 10 heteroatoms. The van der Waals surface area contributed by atoms with Crippen molar-refractivity contribution in [3.05, 3.63) is 97.1 Å². The molecule has 0 spiro atoms. The number of hydrogen-bond donors (Lipinski definition) is 5. The Balaban J connectivity index is 1.31. The van der Waals surface area contributed by atoms with Crippen LogP contribution in [0.25, 0.3) is 0 Å². The molecule has 10 nitrogen and oxygen atoms in total. The normalized spacial score (nSPS) is 10.4. The summed E-state index contributed by atoms with van der Waals surface area (Å²) < 4.78 is 27.9. The van der Waals surface area contributed by atoms with Crippen molar-refractivity contribution in [1.82, 2.24) is 0 Å². The fourth-order valence-corrected chi connectivity index (χ4v) is 4.78. The number of nitrogen functional groups attached to an aromatic ring is 1. The van der Waals surface area contributed by atoms with Gasteiger partial charge in [-0.3, -0.25) is 0 Å². The summed E-state index contributed by atoms with van der Waals surface area (Å²) in [4.78, 5) is 0. The van der Waals surface area contributed by atoms with Gasteiger partial charge in [0.05, 0.1) is 64.0 Å². The van der Waals surface area contributed by atoms with E-state index in [1.54, 1.807) is 41.6 Å². The van der Waals surface area contributed by atoms with E-state index in [2.05, 4.69) is 21.3 Å². The minimum absolute atomic E-state index is 0.569. The molecule has 0 fully saturated rings. The molecule has 0 atom stereocenters. The van der Waals surface area contributed by atoms with Crippen molar-refractivity contribution in [3.63, 3.8) is 0 Å². The third-order valence-corrected chi connectivity index (χ3v) is 7.06. The van der Waals surface area contributed by atoms with E-state index in [1.807, 2.05) is 91.0 Å². The van der Waals surface area contributed by atoms with Crippen LogP contribution in [0.3, 0.4) is 0 Å². The van der Waals surface area contributed by atoms with Gasteiger partial charge in [0.15, 0.2) is 0 Å². The maximum Gasteiger partial charge on any atom is 0.144 e. The Morgan fingerprint density at radius 2 is 0.711 bits per heavy atom. The molecular weight excluding hydrogens is 570 g/mol. The van der Waals surface area contributed by atoms with Crippen molar-refractivity contribution in [2.45, 2.75) is 0 Å². The van der Waals surface area contributed by atoms with Gasteiger partial charge in [0.1, 0.15) is 28.7 Å². The fourth-order valence-electron chi connectivity index (χ4n) is 4.78. The second kappa shape index (κ2) is 14.0. The van der Waals surface area contributed by atoms with Gasteiger partial charge >= 0.3 is 0 Å². The van der Waals surface area contributed by atoms with E-state index in [9.17, 15) is 0 Å². The summed E-state index contributed by atoms with van der Waals surface area (Å²) in [7, 11) is 8.14. The van der Waals surface area contributed by atoms with Gasteiger partial charge in [-0.2, -0.15) is 0 Å². The maximum absolute atomic E-state index is 5.95. The smallest absolute Gasteiger partial charge is 0.144 e. The molecule has 6 N–H and O–H groups in total. The average molecular weight is 608 g/mol. The number of methoxy groups -OCH3 is 5. The summed E-state index contributed by atoms with van der Waals surface area (Å²) in [5, 5.41) is 13.6. The summed E-state index contributed by atoms with van der Waals surface area (Å²) in [6.45, 7) is 0. The number of anilines is 9. The highest BCUT2D eigenvalue weighted by Gasteiger charge is 2.12. The highest BCUT2D eigenvalue weighted by atomic mass is 16.5. The molecule has 0 unspecified atom stereocenters. The molecule has 0 bridgehead atoms. The molecule has 0 saturated carbocycles. The lowest BCUT2D eigenvalue weighted by molar-refractivity contribution is 0.415. The summed E-state index contributed by atoms with van der Waals surface area (Å²) in [6, 6.07) is 30.8. The average Bonchev–Trinajstić information content (AvgIpc) is 3.07. The van der Waals surface area contributed by atoms with Crippen LogP contribution in [0.4, 0.5) is 51.2 Å². The van der Waals surface area contributed by atoms with Gasteiger partial charge in [-0.05, 0) is 60.7 Å². The number of para-hydroxylation sites is 2. The number of benzene rings is 5. The minimum atomic E-state index is 0.569. The molecule has 0 aliphatic carbocycles. The fraction of sp³-hybridized carbons (Fsp3) is 0.143. The molecule has 5 aromatic rings. The first-order valence-corrected chi connectivity index (χ1v) is 14.1. The lowest BCUT2D eigenvalue weighted by Gasteiger charge is -2.18. The van der Waals surface area contributed by atoms with Gasteiger partial charge in [-0.1, -0.05) is 12.1 Å². The van der Waals surface area contributed by atoms with Crippen molar-refractivity contribution in [3.8, 4) is 28.7 Å². The first-order valence-electron chi connectivity index (χ1n) is 14.1. The van der Waals surface area contributed by atoms with E-state index in [4.69, 9.17) is 29.4 Å². The van der Waals surface area contributed by atoms with E-state index in [0.29, 0.717) is 28.7 Å². The number of ether oxygens (including phenoxy) is 5. The van der Waals surface area contributed by atoms with Crippen molar-refractivity contribution in [2.24, 2.45) is 0 Å². The van der Waals surface area contributed by atoms with E-state index >= 15 is 0 Å². The lowest BCUT2D eigenvalue weighted by atomic mass is 10.2. The molecule has 45 heavy (non-hydrogen) atoms. The zero-order valence-electron chi connectivity index (χ0n) is 25.9. The van der Waals surface area contributed by atoms with Crippen LogP contribution in [-0.2, 0) is 0 Å². The van der Waals surface area contributed by atoms with Crippen LogP contribution in [0, 0.1) is 0 Å². The second-order valence-electron chi connectivity index (χ2n) is 9.90. The minimum Gasteiger partial charge on any atom is -0.495 e. The molecule has 0 amide bonds. The Bertz CT molecular complexity index is 1780. The number of nitrogens with one attached hydrogen (secondary N) is 4. The van der Waals surface area contributed by atoms with E-state index in [1.165, 1.54) is 0 Å². The zero-order valence-corrected chi connectivity index (χ0v) is 25.9. The molecular formula is C35H37N5O5. The SMILES string of the molecule is COc1cc(Nc2ccc(Nc3ccc(Nc4ccc(Nc5ccccc5OC)cc4OC)cc3OC)cc2OC)ccc1N. The Hall–Kier alpha value is -5.90. The molecule has 0 radical (unpaired) electrons. The maximum atomic E-state index is 5.95. The van der Waals surface area contributed by atoms with Gasteiger partial charge < -0.3 is 50.7 Å². The standard InChI is InChI=1S/C35H37N5O5/c1-41-31-9-7-6-8-27(31)37-23-11-15-29(33(19-23)43-3)39-25-13-17-30(35(21-25)45-5)40-24-12-16-28(34(20-24)44-4)38-22-10-14-26(36)32(18-22)42-2/h6-21,37-40H,36H2,1-5H3. The number of rotatable bonds is 13. The van der Waals surface area contributed by atoms with Crippen molar-refractivity contribution >= 4 is 51.2 Å². The van der Waals surface area contributed by atoms with Crippen LogP contribution in [-0.4, -0.2) is 35.5 Å². The van der Waals surface area contributed by atoms with Crippen molar-refractivity contribution < 1.29 is 23.7 Å². The summed E-state index contributed by atoms with van der Waals surface area (Å²) in [5.74, 6) is 3.34. The highest BCUT2D eigenvalue weighted by molar-refractivity contribution is 5.78. The molecule has 232 valence electrons. The highest BCUT2D eigenvalue weighted by Crippen LogP contribution is 2.38. The molecule has 5 aromatic carbocycles. The molecule has 5 rings (SSSR count). The van der Waals surface area contributed by atoms with Gasteiger partial charge in [-0.15, -0.1) is 0 Å². The molecule has 0 saturated heterocycles. The first-order chi connectivity index (χ1) is 21.9. The first kappa shape index (κ1) is 30.6. The third kappa shape index (κ3) is 7.19. The largest absolute Gasteiger partial charge is 0.495 e. The predicted octanol–water partition coefficient (Wildman–Crippen LogP) is 8.29. The monoisotopic (exact) mass is 607 g/mol. The van der Waals surface area contributed by atoms with E-state index in [0.717, 1.165) is 51.2 Å². The summed E-state index contributed by atoms with van der Waals surface area (Å²) in [6.07, 6.45) is 0. The Kier molecular flexibility index (Phi) is 9.54. The van der Waals surface area contributed by atoms with Gasteiger partial charge in [0, 0.05) is 47.0 Å². The van der Waals surface area contributed by atoms with Crippen molar-refractivity contribution in [1.29, 1.82) is 0 Å². The molecule has 0 aromatic heterocycles. The summed E-state index contributed by atoms with van der Waals surface area (Å²) >= 11 is 0. The van der Waals surface area contributed by atoms with Crippen LogP contribution in [0.5, 0.6) is 28.7 Å². The Morgan fingerprint density at radius 1 is 0.378 bits per heavy atom. The Labute approximate surface area is 263 Å². The zero-order chi connectivity index (χ0) is 31.8. The van der Waals surface area contributed by atoms with Crippen molar-refractivity contribution in [2.75, 3.05) is 62.5 Å². The van der Waals surface area contributed by atoms with Gasteiger partial charge in [0.25, 0.3) is 0 Å². The van der Waals surface area contributed by atoms with Crippen LogP contribution in [0.2, 0.25) is 0 Å². The van der Waals surface area contributed by atoms with Gasteiger partial charge in [-0.25, -0.2) is 0 Å². The lowest BCUT2D eigenvalue weighted by Crippen LogP contribution is -2.00. The van der Waals surface area contributed by atoms with Crippen LogP contribution in [0.1, 0.15) is 0 Å². The van der Waals surface area contributed by atoms with E-state index in [-0.39, 0.29) is 0 Å². The predicted molar refractivity (Wildman–Crippen MR) is 183 cm³/mol. The van der Waals surface area contributed by atoms with Crippen LogP contribution in [0.15, 0.2) is 97.1 Å². The third-order valence-electron chi connectivity index (χ3n) is 7.06. The molecule has 0 aliphatic heterocycles. The summed E-state index contributed by atoms with van der Waals surface area (Å²) in [5.41, 5.74) is 13.1. The van der Waals surface area contributed by atoms with Crippen LogP contribution >= 0.6 is 0 Å².